The highest BCUT2D eigenvalue weighted by atomic mass is 16.6. The molecule has 2 aromatic rings. The second-order valence-corrected chi connectivity index (χ2v) is 7.59. The first-order valence-corrected chi connectivity index (χ1v) is 9.58. The number of benzene rings is 1. The van der Waals surface area contributed by atoms with E-state index in [1.165, 1.54) is 0 Å². The van der Waals surface area contributed by atoms with Gasteiger partial charge in [-0.3, -0.25) is 9.69 Å². The maximum atomic E-state index is 12.7. The second-order valence-electron chi connectivity index (χ2n) is 7.59. The SMILES string of the molecule is NCC1CN(c2ccc3c(c2)CCCc2cnn(C(=O)C4CC4)c2-3)C(=O)O1. The Bertz CT molecular complexity index is 931. The standard InChI is InChI=1S/C20H22N4O3/c21-9-16-11-23(20(26)27-16)15-6-7-17-13(8-15)2-1-3-14-10-22-24(18(14)17)19(25)12-4-5-12/h6-8,10,12,16H,1-5,9,11,21H2. The summed E-state index contributed by atoms with van der Waals surface area (Å²) < 4.78 is 6.88. The maximum absolute atomic E-state index is 12.7. The topological polar surface area (TPSA) is 90.5 Å². The monoisotopic (exact) mass is 366 g/mol. The molecule has 1 saturated carbocycles. The Morgan fingerprint density at radius 3 is 2.81 bits per heavy atom. The molecule has 7 heteroatoms. The van der Waals surface area contributed by atoms with E-state index < -0.39 is 0 Å². The molecule has 3 aliphatic rings. The first kappa shape index (κ1) is 16.5. The number of nitrogens with two attached hydrogens (primary N) is 1. The molecule has 2 heterocycles. The number of amides is 1. The minimum absolute atomic E-state index is 0.0992. The van der Waals surface area contributed by atoms with Crippen LogP contribution in [0.1, 0.15) is 35.2 Å². The van der Waals surface area contributed by atoms with E-state index in [2.05, 4.69) is 5.10 Å². The second kappa shape index (κ2) is 6.20. The lowest BCUT2D eigenvalue weighted by Crippen LogP contribution is -2.27. The first-order valence-electron chi connectivity index (χ1n) is 9.58. The van der Waals surface area contributed by atoms with E-state index in [0.717, 1.165) is 60.2 Å². The Morgan fingerprint density at radius 1 is 1.26 bits per heavy atom. The predicted octanol–water partition coefficient (Wildman–Crippen LogP) is 2.37. The lowest BCUT2D eigenvalue weighted by molar-refractivity contribution is 0.0872. The van der Waals surface area contributed by atoms with Crippen molar-refractivity contribution in [2.45, 2.75) is 38.2 Å². The molecule has 7 nitrogen and oxygen atoms in total. The quantitative estimate of drug-likeness (QED) is 0.901. The van der Waals surface area contributed by atoms with Gasteiger partial charge in [0.05, 0.1) is 18.4 Å². The molecular formula is C20H22N4O3. The average Bonchev–Trinajstić information content (AvgIpc) is 3.38. The van der Waals surface area contributed by atoms with E-state index in [1.807, 2.05) is 24.4 Å². The van der Waals surface area contributed by atoms with Gasteiger partial charge in [-0.25, -0.2) is 4.79 Å². The van der Waals surface area contributed by atoms with Crippen molar-refractivity contribution in [1.29, 1.82) is 0 Å². The molecule has 2 N–H and O–H groups in total. The zero-order valence-corrected chi connectivity index (χ0v) is 15.1. The Labute approximate surface area is 157 Å². The normalized spacial score (nSPS) is 21.4. The zero-order valence-electron chi connectivity index (χ0n) is 15.1. The van der Waals surface area contributed by atoms with Gasteiger partial charge in [0, 0.05) is 23.7 Å². The maximum Gasteiger partial charge on any atom is 0.414 e. The number of carbonyl (C=O) groups is 2. The molecule has 27 heavy (non-hydrogen) atoms. The highest BCUT2D eigenvalue weighted by Crippen LogP contribution is 2.38. The van der Waals surface area contributed by atoms with Crippen LogP contribution in [-0.2, 0) is 17.6 Å². The number of cyclic esters (lactones) is 1. The predicted molar refractivity (Wildman–Crippen MR) is 99.7 cm³/mol. The van der Waals surface area contributed by atoms with E-state index in [-0.39, 0.29) is 24.0 Å². The van der Waals surface area contributed by atoms with E-state index >= 15 is 0 Å². The van der Waals surface area contributed by atoms with Crippen LogP contribution in [0.3, 0.4) is 0 Å². The minimum atomic E-state index is -0.353. The van der Waals surface area contributed by atoms with Gasteiger partial charge in [-0.1, -0.05) is 6.07 Å². The van der Waals surface area contributed by atoms with E-state index in [4.69, 9.17) is 10.5 Å². The largest absolute Gasteiger partial charge is 0.443 e. The van der Waals surface area contributed by atoms with Crippen LogP contribution in [0.2, 0.25) is 0 Å². The van der Waals surface area contributed by atoms with Gasteiger partial charge in [-0.2, -0.15) is 9.78 Å². The Balaban J connectivity index is 1.55. The Morgan fingerprint density at radius 2 is 2.07 bits per heavy atom. The number of aromatic nitrogens is 2. The smallest absolute Gasteiger partial charge is 0.414 e. The van der Waals surface area contributed by atoms with E-state index in [9.17, 15) is 9.59 Å². The fraction of sp³-hybridized carbons (Fsp3) is 0.450. The molecule has 1 amide bonds. The first-order chi connectivity index (χ1) is 13.2. The van der Waals surface area contributed by atoms with E-state index in [0.29, 0.717) is 13.1 Å². The number of aryl methyl sites for hydroxylation is 2. The highest BCUT2D eigenvalue weighted by molar-refractivity contribution is 5.92. The van der Waals surface area contributed by atoms with Gasteiger partial charge < -0.3 is 10.5 Å². The number of anilines is 1. The van der Waals surface area contributed by atoms with Crippen LogP contribution < -0.4 is 10.6 Å². The molecule has 0 radical (unpaired) electrons. The molecule has 0 bridgehead atoms. The summed E-state index contributed by atoms with van der Waals surface area (Å²) in [5, 5.41) is 4.40. The number of ether oxygens (including phenoxy) is 1. The number of rotatable bonds is 3. The van der Waals surface area contributed by atoms with Crippen molar-refractivity contribution < 1.29 is 14.3 Å². The molecule has 1 atom stereocenters. The van der Waals surface area contributed by atoms with Crippen LogP contribution in [-0.4, -0.2) is 41.0 Å². The third kappa shape index (κ3) is 2.73. The molecule has 1 saturated heterocycles. The minimum Gasteiger partial charge on any atom is -0.443 e. The van der Waals surface area contributed by atoms with Gasteiger partial charge in [0.25, 0.3) is 5.91 Å². The van der Waals surface area contributed by atoms with Crippen LogP contribution in [0.4, 0.5) is 10.5 Å². The Kier molecular flexibility index (Phi) is 3.79. The molecule has 1 aliphatic heterocycles. The summed E-state index contributed by atoms with van der Waals surface area (Å²) in [4.78, 5) is 26.5. The molecule has 1 aromatic carbocycles. The van der Waals surface area contributed by atoms with Crippen molar-refractivity contribution in [3.63, 3.8) is 0 Å². The summed E-state index contributed by atoms with van der Waals surface area (Å²) in [6.07, 6.45) is 5.92. The van der Waals surface area contributed by atoms with Crippen molar-refractivity contribution >= 4 is 17.7 Å². The number of hydrogen-bond donors (Lipinski definition) is 1. The lowest BCUT2D eigenvalue weighted by atomic mass is 10.0. The van der Waals surface area contributed by atoms with Crippen LogP contribution in [0, 0.1) is 5.92 Å². The number of hydrogen-bond acceptors (Lipinski definition) is 5. The Hall–Kier alpha value is -2.67. The van der Waals surface area contributed by atoms with Gasteiger partial charge in [0.2, 0.25) is 0 Å². The molecule has 2 aliphatic carbocycles. The van der Waals surface area contributed by atoms with Gasteiger partial charge in [-0.15, -0.1) is 0 Å². The number of carbonyl (C=O) groups excluding carboxylic acids is 2. The average molecular weight is 366 g/mol. The summed E-state index contributed by atoms with van der Waals surface area (Å²) in [5.41, 5.74) is 10.7. The van der Waals surface area contributed by atoms with Crippen LogP contribution in [0.5, 0.6) is 0 Å². The fourth-order valence-corrected chi connectivity index (χ4v) is 4.03. The number of nitrogens with zero attached hydrogens (tertiary/aromatic N) is 3. The highest BCUT2D eigenvalue weighted by Gasteiger charge is 2.35. The molecule has 2 fully saturated rings. The third-order valence-corrected chi connectivity index (χ3v) is 5.67. The van der Waals surface area contributed by atoms with Crippen LogP contribution >= 0.6 is 0 Å². The summed E-state index contributed by atoms with van der Waals surface area (Å²) in [6, 6.07) is 5.98. The van der Waals surface area contributed by atoms with Crippen molar-refractivity contribution in [1.82, 2.24) is 9.78 Å². The molecule has 1 aromatic heterocycles. The lowest BCUT2D eigenvalue weighted by Gasteiger charge is -2.17. The number of fused-ring (bicyclic) bond motifs is 3. The van der Waals surface area contributed by atoms with Crippen LogP contribution in [0.15, 0.2) is 24.4 Å². The van der Waals surface area contributed by atoms with Gasteiger partial charge in [0.1, 0.15) is 6.10 Å². The molecular weight excluding hydrogens is 344 g/mol. The van der Waals surface area contributed by atoms with Crippen LogP contribution in [0.25, 0.3) is 11.3 Å². The van der Waals surface area contributed by atoms with Crippen molar-refractivity contribution in [2.75, 3.05) is 18.0 Å². The zero-order chi connectivity index (χ0) is 18.5. The summed E-state index contributed by atoms with van der Waals surface area (Å²) in [6.45, 7) is 0.788. The summed E-state index contributed by atoms with van der Waals surface area (Å²) in [7, 11) is 0. The third-order valence-electron chi connectivity index (χ3n) is 5.67. The van der Waals surface area contributed by atoms with Crippen molar-refractivity contribution in [3.05, 3.63) is 35.5 Å². The van der Waals surface area contributed by atoms with Gasteiger partial charge in [-0.05, 0) is 55.4 Å². The molecule has 0 spiro atoms. The fourth-order valence-electron chi connectivity index (χ4n) is 4.03. The summed E-state index contributed by atoms with van der Waals surface area (Å²) in [5.74, 6) is 0.217. The molecule has 5 rings (SSSR count). The summed E-state index contributed by atoms with van der Waals surface area (Å²) >= 11 is 0. The van der Waals surface area contributed by atoms with Crippen molar-refractivity contribution in [2.24, 2.45) is 11.7 Å². The van der Waals surface area contributed by atoms with Crippen molar-refractivity contribution in [3.8, 4) is 11.3 Å². The molecule has 140 valence electrons. The van der Waals surface area contributed by atoms with Gasteiger partial charge >= 0.3 is 6.09 Å². The van der Waals surface area contributed by atoms with Gasteiger partial charge in [0.15, 0.2) is 0 Å². The van der Waals surface area contributed by atoms with E-state index in [1.54, 1.807) is 9.58 Å². The molecule has 1 unspecified atom stereocenters.